The molecular formula is C24H31NO. The third-order valence-corrected chi connectivity index (χ3v) is 5.24. The highest BCUT2D eigenvalue weighted by molar-refractivity contribution is 5.89. The lowest BCUT2D eigenvalue weighted by atomic mass is 9.95. The van der Waals surface area contributed by atoms with Crippen molar-refractivity contribution in [1.29, 1.82) is 0 Å². The van der Waals surface area contributed by atoms with Crippen LogP contribution >= 0.6 is 0 Å². The minimum Gasteiger partial charge on any atom is -0.489 e. The third kappa shape index (κ3) is 4.75. The maximum absolute atomic E-state index is 6.38. The zero-order chi connectivity index (χ0) is 18.4. The molecule has 0 amide bonds. The molecule has 0 unspecified atom stereocenters. The highest BCUT2D eigenvalue weighted by Crippen LogP contribution is 2.35. The molecule has 0 bridgehead atoms. The van der Waals surface area contributed by atoms with Gasteiger partial charge in [-0.3, -0.25) is 4.99 Å². The van der Waals surface area contributed by atoms with E-state index in [9.17, 15) is 0 Å². The first-order valence-electron chi connectivity index (χ1n) is 10.1. The zero-order valence-corrected chi connectivity index (χ0v) is 16.4. The van der Waals surface area contributed by atoms with Crippen LogP contribution in [0, 0.1) is 6.92 Å². The molecule has 2 heteroatoms. The van der Waals surface area contributed by atoms with Crippen LogP contribution in [0.4, 0.5) is 0 Å². The molecule has 0 aromatic heterocycles. The Morgan fingerprint density at radius 2 is 1.85 bits per heavy atom. The zero-order valence-electron chi connectivity index (χ0n) is 16.4. The van der Waals surface area contributed by atoms with Gasteiger partial charge in [0.2, 0.25) is 0 Å². The summed E-state index contributed by atoms with van der Waals surface area (Å²) in [6, 6.07) is 15.4. The van der Waals surface area contributed by atoms with Crippen LogP contribution in [0.15, 0.2) is 47.5 Å². The number of benzene rings is 2. The molecule has 2 aromatic carbocycles. The lowest BCUT2D eigenvalue weighted by Gasteiger charge is -2.21. The summed E-state index contributed by atoms with van der Waals surface area (Å²) >= 11 is 0. The van der Waals surface area contributed by atoms with Crippen LogP contribution in [-0.4, -0.2) is 18.4 Å². The van der Waals surface area contributed by atoms with E-state index in [1.165, 1.54) is 43.2 Å². The topological polar surface area (TPSA) is 21.6 Å². The summed E-state index contributed by atoms with van der Waals surface area (Å²) in [5.41, 5.74) is 4.71. The third-order valence-electron chi connectivity index (χ3n) is 5.24. The summed E-state index contributed by atoms with van der Waals surface area (Å²) in [6.07, 6.45) is 9.64. The molecule has 1 aliphatic rings. The average Bonchev–Trinajstić information content (AvgIpc) is 2.69. The van der Waals surface area contributed by atoms with Gasteiger partial charge in [0.15, 0.2) is 0 Å². The number of nitrogens with zero attached hydrogens (tertiary/aromatic N) is 1. The van der Waals surface area contributed by atoms with Crippen molar-refractivity contribution in [2.75, 3.05) is 0 Å². The standard InChI is InChI=1S/C24H31NO/c1-4-19(3)26-24-21(17-25-22-13-9-6-10-14-22)15-18(2)16-23(24)20-11-7-5-8-12-20/h5,7-8,11-12,15-17,19,22H,4,6,9-10,13-14H2,1-3H3/t19-/m1/s1. The molecule has 0 spiro atoms. The molecule has 26 heavy (non-hydrogen) atoms. The van der Waals surface area contributed by atoms with Crippen molar-refractivity contribution in [3.63, 3.8) is 0 Å². The molecular weight excluding hydrogens is 318 g/mol. The SMILES string of the molecule is CC[C@@H](C)Oc1c(C=NC2CCCCC2)cc(C)cc1-c1ccccc1. The van der Waals surface area contributed by atoms with Crippen molar-refractivity contribution < 1.29 is 4.74 Å². The number of aliphatic imine (C=N–C) groups is 1. The maximum Gasteiger partial charge on any atom is 0.136 e. The van der Waals surface area contributed by atoms with Crippen molar-refractivity contribution in [2.45, 2.75) is 71.4 Å². The molecule has 2 aromatic rings. The highest BCUT2D eigenvalue weighted by atomic mass is 16.5. The van der Waals surface area contributed by atoms with E-state index < -0.39 is 0 Å². The van der Waals surface area contributed by atoms with Crippen LogP contribution in [0.1, 0.15) is 63.5 Å². The Labute approximate surface area is 158 Å². The van der Waals surface area contributed by atoms with Crippen molar-refractivity contribution in [3.8, 4) is 16.9 Å². The van der Waals surface area contributed by atoms with E-state index in [2.05, 4.69) is 69.5 Å². The summed E-state index contributed by atoms with van der Waals surface area (Å²) in [5, 5.41) is 0. The summed E-state index contributed by atoms with van der Waals surface area (Å²) in [7, 11) is 0. The van der Waals surface area contributed by atoms with Gasteiger partial charge in [-0.15, -0.1) is 0 Å². The normalized spacial score (nSPS) is 16.7. The van der Waals surface area contributed by atoms with Crippen LogP contribution in [0.5, 0.6) is 5.75 Å². The molecule has 3 rings (SSSR count). The van der Waals surface area contributed by atoms with E-state index >= 15 is 0 Å². The van der Waals surface area contributed by atoms with Crippen LogP contribution in [0.25, 0.3) is 11.1 Å². The minimum atomic E-state index is 0.182. The lowest BCUT2D eigenvalue weighted by molar-refractivity contribution is 0.218. The molecule has 0 radical (unpaired) electrons. The van der Waals surface area contributed by atoms with Crippen LogP contribution in [0.2, 0.25) is 0 Å². The van der Waals surface area contributed by atoms with Gasteiger partial charge in [-0.25, -0.2) is 0 Å². The molecule has 0 aliphatic heterocycles. The summed E-state index contributed by atoms with van der Waals surface area (Å²) in [4.78, 5) is 4.92. The second-order valence-corrected chi connectivity index (χ2v) is 7.50. The second-order valence-electron chi connectivity index (χ2n) is 7.50. The highest BCUT2D eigenvalue weighted by Gasteiger charge is 2.16. The number of ether oxygens (including phenoxy) is 1. The van der Waals surface area contributed by atoms with E-state index in [1.807, 2.05) is 0 Å². The maximum atomic E-state index is 6.38. The van der Waals surface area contributed by atoms with E-state index in [0.717, 1.165) is 23.3 Å². The molecule has 138 valence electrons. The van der Waals surface area contributed by atoms with Gasteiger partial charge in [-0.05, 0) is 56.4 Å². The van der Waals surface area contributed by atoms with Gasteiger partial charge in [0.1, 0.15) is 5.75 Å². The Hall–Kier alpha value is -2.09. The molecule has 1 atom stereocenters. The first-order chi connectivity index (χ1) is 12.7. The predicted molar refractivity (Wildman–Crippen MR) is 111 cm³/mol. The first-order valence-corrected chi connectivity index (χ1v) is 10.1. The van der Waals surface area contributed by atoms with Gasteiger partial charge in [0.05, 0.1) is 6.10 Å². The fourth-order valence-electron chi connectivity index (χ4n) is 3.56. The predicted octanol–water partition coefficient (Wildman–Crippen LogP) is 6.59. The minimum absolute atomic E-state index is 0.182. The van der Waals surface area contributed by atoms with E-state index in [4.69, 9.17) is 9.73 Å². The Morgan fingerprint density at radius 1 is 1.12 bits per heavy atom. The quantitative estimate of drug-likeness (QED) is 0.539. The van der Waals surface area contributed by atoms with Gasteiger partial charge < -0.3 is 4.74 Å². The van der Waals surface area contributed by atoms with Crippen molar-refractivity contribution in [1.82, 2.24) is 0 Å². The Kier molecular flexibility index (Phi) is 6.49. The van der Waals surface area contributed by atoms with Crippen LogP contribution in [0.3, 0.4) is 0 Å². The van der Waals surface area contributed by atoms with E-state index in [1.54, 1.807) is 0 Å². The van der Waals surface area contributed by atoms with E-state index in [0.29, 0.717) is 6.04 Å². The van der Waals surface area contributed by atoms with Crippen LogP contribution < -0.4 is 4.74 Å². The fraction of sp³-hybridized carbons (Fsp3) is 0.458. The molecule has 0 heterocycles. The Morgan fingerprint density at radius 3 is 2.54 bits per heavy atom. The largest absolute Gasteiger partial charge is 0.489 e. The molecule has 2 nitrogen and oxygen atoms in total. The van der Waals surface area contributed by atoms with Crippen LogP contribution in [-0.2, 0) is 0 Å². The first kappa shape index (κ1) is 18.7. The summed E-state index contributed by atoms with van der Waals surface area (Å²) in [5.74, 6) is 0.968. The van der Waals surface area contributed by atoms with Gasteiger partial charge in [-0.1, -0.05) is 56.5 Å². The smallest absolute Gasteiger partial charge is 0.136 e. The lowest BCUT2D eigenvalue weighted by Crippen LogP contribution is -2.13. The van der Waals surface area contributed by atoms with Gasteiger partial charge in [0.25, 0.3) is 0 Å². The van der Waals surface area contributed by atoms with Gasteiger partial charge >= 0.3 is 0 Å². The molecule has 1 saturated carbocycles. The molecule has 1 fully saturated rings. The second kappa shape index (κ2) is 9.02. The van der Waals surface area contributed by atoms with E-state index in [-0.39, 0.29) is 6.10 Å². The summed E-state index contributed by atoms with van der Waals surface area (Å²) < 4.78 is 6.38. The number of hydrogen-bond acceptors (Lipinski definition) is 2. The summed E-state index contributed by atoms with van der Waals surface area (Å²) in [6.45, 7) is 6.45. The number of rotatable bonds is 6. The molecule has 0 saturated heterocycles. The Balaban J connectivity index is 2.00. The monoisotopic (exact) mass is 349 g/mol. The molecule has 1 aliphatic carbocycles. The fourth-order valence-corrected chi connectivity index (χ4v) is 3.56. The van der Waals surface area contributed by atoms with Crippen molar-refractivity contribution in [2.24, 2.45) is 4.99 Å². The number of hydrogen-bond donors (Lipinski definition) is 0. The van der Waals surface area contributed by atoms with Crippen molar-refractivity contribution >= 4 is 6.21 Å². The molecule has 0 N–H and O–H groups in total. The van der Waals surface area contributed by atoms with Gasteiger partial charge in [-0.2, -0.15) is 0 Å². The number of aryl methyl sites for hydroxylation is 1. The van der Waals surface area contributed by atoms with Gasteiger partial charge in [0, 0.05) is 23.4 Å². The Bertz CT molecular complexity index is 729. The average molecular weight is 350 g/mol. The van der Waals surface area contributed by atoms with Crippen molar-refractivity contribution in [3.05, 3.63) is 53.6 Å².